The molecule has 2 heterocycles. The number of nitrogens with zero attached hydrogens (tertiary/aromatic N) is 4. The average molecular weight is 517 g/mol. The zero-order chi connectivity index (χ0) is 26.6. The number of nitrogens with one attached hydrogen (secondary N) is 1. The summed E-state index contributed by atoms with van der Waals surface area (Å²) in [6.07, 6.45) is 4.03. The van der Waals surface area contributed by atoms with Crippen LogP contribution >= 0.6 is 0 Å². The Labute approximate surface area is 213 Å². The number of benzene rings is 3. The van der Waals surface area contributed by atoms with E-state index in [0.29, 0.717) is 11.3 Å². The van der Waals surface area contributed by atoms with Crippen molar-refractivity contribution in [2.75, 3.05) is 16.8 Å². The van der Waals surface area contributed by atoms with E-state index in [2.05, 4.69) is 20.4 Å². The van der Waals surface area contributed by atoms with E-state index in [-0.39, 0.29) is 22.6 Å². The number of nitrogen functional groups attached to an aromatic ring is 2. The first-order valence-corrected chi connectivity index (χ1v) is 12.5. The lowest BCUT2D eigenvalue weighted by Crippen LogP contribution is -2.14. The molecule has 0 aliphatic rings. The fourth-order valence-corrected chi connectivity index (χ4v) is 4.17. The van der Waals surface area contributed by atoms with Crippen molar-refractivity contribution >= 4 is 43.9 Å². The van der Waals surface area contributed by atoms with Crippen molar-refractivity contribution < 1.29 is 13.2 Å². The Balaban J connectivity index is 0.000000180. The first-order chi connectivity index (χ1) is 17.7. The van der Waals surface area contributed by atoms with Gasteiger partial charge < -0.3 is 16.8 Å². The molecule has 3 aromatic carbocycles. The monoisotopic (exact) mass is 516 g/mol. The summed E-state index contributed by atoms with van der Waals surface area (Å²) in [5.74, 6) is -0.0780. The van der Waals surface area contributed by atoms with Crippen molar-refractivity contribution in [2.45, 2.75) is 11.8 Å². The molecule has 5 aromatic rings. The highest BCUT2D eigenvalue weighted by molar-refractivity contribution is 7.89. The number of sulfonamides is 1. The van der Waals surface area contributed by atoms with Crippen LogP contribution < -0.4 is 21.9 Å². The summed E-state index contributed by atoms with van der Waals surface area (Å²) in [5, 5.41) is 13.5. The minimum Gasteiger partial charge on any atom is -0.398 e. The minimum atomic E-state index is -3.88. The van der Waals surface area contributed by atoms with Gasteiger partial charge in [0.1, 0.15) is 4.90 Å². The molecule has 0 bridgehead atoms. The molecule has 0 aliphatic heterocycles. The predicted octanol–water partition coefficient (Wildman–Crippen LogP) is 2.87. The van der Waals surface area contributed by atoms with Crippen LogP contribution in [0.15, 0.2) is 90.2 Å². The van der Waals surface area contributed by atoms with Crippen LogP contribution in [0.1, 0.15) is 15.9 Å². The van der Waals surface area contributed by atoms with E-state index >= 15 is 0 Å². The molecule has 188 valence electrons. The van der Waals surface area contributed by atoms with Crippen molar-refractivity contribution in [1.82, 2.24) is 19.7 Å². The van der Waals surface area contributed by atoms with E-state index < -0.39 is 10.0 Å². The van der Waals surface area contributed by atoms with Gasteiger partial charge in [0.05, 0.1) is 11.8 Å². The molecule has 0 spiro atoms. The van der Waals surface area contributed by atoms with Crippen molar-refractivity contribution in [3.8, 4) is 5.95 Å². The Morgan fingerprint density at radius 2 is 1.59 bits per heavy atom. The Morgan fingerprint density at radius 3 is 2.24 bits per heavy atom. The smallest absolute Gasteiger partial charge is 0.256 e. The van der Waals surface area contributed by atoms with Gasteiger partial charge in [-0.2, -0.15) is 9.78 Å². The molecule has 2 aromatic heterocycles. The maximum atomic E-state index is 12.6. The number of fused-ring (bicyclic) bond motifs is 1. The second-order valence-electron chi connectivity index (χ2n) is 7.91. The van der Waals surface area contributed by atoms with Gasteiger partial charge in [-0.3, -0.25) is 4.79 Å². The second-order valence-corrected chi connectivity index (χ2v) is 9.44. The summed E-state index contributed by atoms with van der Waals surface area (Å²) in [6.45, 7) is 1.88. The van der Waals surface area contributed by atoms with Crippen LogP contribution in [0.5, 0.6) is 0 Å². The van der Waals surface area contributed by atoms with Gasteiger partial charge in [0.2, 0.25) is 10.0 Å². The normalized spacial score (nSPS) is 11.0. The number of anilines is 3. The molecule has 0 fully saturated rings. The van der Waals surface area contributed by atoms with Crippen LogP contribution in [0.3, 0.4) is 0 Å². The Bertz CT molecular complexity index is 1670. The summed E-state index contributed by atoms with van der Waals surface area (Å²) in [7, 11) is -3.88. The van der Waals surface area contributed by atoms with E-state index in [1.165, 1.54) is 12.4 Å². The Kier molecular flexibility index (Phi) is 7.13. The van der Waals surface area contributed by atoms with E-state index in [4.69, 9.17) is 16.6 Å². The molecule has 5 rings (SSSR count). The van der Waals surface area contributed by atoms with Crippen molar-refractivity contribution in [1.29, 1.82) is 0 Å². The summed E-state index contributed by atoms with van der Waals surface area (Å²) < 4.78 is 23.3. The highest BCUT2D eigenvalue weighted by Crippen LogP contribution is 2.28. The Morgan fingerprint density at radius 1 is 0.946 bits per heavy atom. The van der Waals surface area contributed by atoms with Gasteiger partial charge in [-0.05, 0) is 47.5 Å². The molecule has 0 aliphatic carbocycles. The molecule has 12 heteroatoms. The molecule has 0 unspecified atom stereocenters. The van der Waals surface area contributed by atoms with Crippen molar-refractivity contribution in [2.24, 2.45) is 5.14 Å². The molecule has 0 radical (unpaired) electrons. The lowest BCUT2D eigenvalue weighted by atomic mass is 9.97. The largest absolute Gasteiger partial charge is 0.398 e. The standard InChI is InChI=1S/C18H16N2O.C7H8N6O2S/c1-12-16(19)11-13-7-5-6-10-15(13)17(12)18(21)20-14-8-3-2-4-9-14;8-6-5(16(9,14)15)4-12-13(6)7-10-2-1-3-11-7/h2-11H,19H2,1H3,(H,20,21);1-4H,8H2,(H2,9,14,15). The van der Waals surface area contributed by atoms with E-state index in [1.807, 2.05) is 67.6 Å². The van der Waals surface area contributed by atoms with Crippen LogP contribution in [0, 0.1) is 6.92 Å². The number of carbonyl (C=O) groups is 1. The molecule has 0 atom stereocenters. The zero-order valence-corrected chi connectivity index (χ0v) is 20.6. The zero-order valence-electron chi connectivity index (χ0n) is 19.7. The molecular formula is C25H24N8O3S. The number of nitrogens with two attached hydrogens (primary N) is 3. The van der Waals surface area contributed by atoms with E-state index in [9.17, 15) is 13.2 Å². The maximum Gasteiger partial charge on any atom is 0.256 e. The lowest BCUT2D eigenvalue weighted by molar-refractivity contribution is 0.102. The maximum absolute atomic E-state index is 12.6. The highest BCUT2D eigenvalue weighted by atomic mass is 32.2. The van der Waals surface area contributed by atoms with Crippen molar-refractivity contribution in [3.63, 3.8) is 0 Å². The van der Waals surface area contributed by atoms with Gasteiger partial charge >= 0.3 is 0 Å². The molecular weight excluding hydrogens is 492 g/mol. The third-order valence-electron chi connectivity index (χ3n) is 5.43. The van der Waals surface area contributed by atoms with E-state index in [1.54, 1.807) is 6.07 Å². The van der Waals surface area contributed by atoms with Gasteiger partial charge in [-0.1, -0.05) is 42.5 Å². The van der Waals surface area contributed by atoms with Crippen LogP contribution in [0.4, 0.5) is 17.2 Å². The molecule has 0 saturated carbocycles. The number of rotatable bonds is 4. The number of aromatic nitrogens is 4. The number of carbonyl (C=O) groups excluding carboxylic acids is 1. The van der Waals surface area contributed by atoms with Crippen LogP contribution in [-0.4, -0.2) is 34.1 Å². The average Bonchev–Trinajstić information content (AvgIpc) is 3.28. The predicted molar refractivity (Wildman–Crippen MR) is 142 cm³/mol. The van der Waals surface area contributed by atoms with E-state index in [0.717, 1.165) is 32.9 Å². The molecule has 1 amide bonds. The fourth-order valence-electron chi connectivity index (χ4n) is 3.60. The molecule has 11 nitrogen and oxygen atoms in total. The number of hydrogen-bond acceptors (Lipinski definition) is 8. The number of hydrogen-bond donors (Lipinski definition) is 4. The summed E-state index contributed by atoms with van der Waals surface area (Å²) >= 11 is 0. The quantitative estimate of drug-likeness (QED) is 0.263. The van der Waals surface area contributed by atoms with Crippen LogP contribution in [-0.2, 0) is 10.0 Å². The molecule has 7 N–H and O–H groups in total. The number of para-hydroxylation sites is 1. The number of primary sulfonamides is 1. The van der Waals surface area contributed by atoms with Crippen molar-refractivity contribution in [3.05, 3.63) is 96.4 Å². The fraction of sp³-hybridized carbons (Fsp3) is 0.0400. The minimum absolute atomic E-state index is 0.117. The van der Waals surface area contributed by atoms with Crippen LogP contribution in [0.2, 0.25) is 0 Å². The SMILES string of the molecule is Cc1c(N)cc2ccccc2c1C(=O)Nc1ccccc1.Nc1c(S(N)(=O)=O)cnn1-c1ncccn1. The van der Waals surface area contributed by atoms with Gasteiger partial charge in [-0.15, -0.1) is 0 Å². The van der Waals surface area contributed by atoms with Gasteiger partial charge in [0.15, 0.2) is 5.82 Å². The summed E-state index contributed by atoms with van der Waals surface area (Å²) in [4.78, 5) is 20.1. The van der Waals surface area contributed by atoms with Gasteiger partial charge in [0.25, 0.3) is 11.9 Å². The third-order valence-corrected chi connectivity index (χ3v) is 6.35. The Hall–Kier alpha value is -4.81. The molecule has 0 saturated heterocycles. The highest BCUT2D eigenvalue weighted by Gasteiger charge is 2.19. The van der Waals surface area contributed by atoms with Gasteiger partial charge in [-0.25, -0.2) is 23.5 Å². The first kappa shape index (κ1) is 25.3. The summed E-state index contributed by atoms with van der Waals surface area (Å²) in [6, 6.07) is 20.7. The van der Waals surface area contributed by atoms with Gasteiger partial charge in [0, 0.05) is 23.8 Å². The number of amides is 1. The molecule has 37 heavy (non-hydrogen) atoms. The lowest BCUT2D eigenvalue weighted by Gasteiger charge is -2.13. The van der Waals surface area contributed by atoms with Crippen LogP contribution in [0.25, 0.3) is 16.7 Å². The second kappa shape index (κ2) is 10.4. The third kappa shape index (κ3) is 5.55. The first-order valence-electron chi connectivity index (χ1n) is 10.9. The topological polar surface area (TPSA) is 185 Å². The summed E-state index contributed by atoms with van der Waals surface area (Å²) in [5.41, 5.74) is 14.5.